The summed E-state index contributed by atoms with van der Waals surface area (Å²) < 4.78 is 4.92. The van der Waals surface area contributed by atoms with Crippen molar-refractivity contribution in [2.24, 2.45) is 5.41 Å². The van der Waals surface area contributed by atoms with Crippen LogP contribution in [0.2, 0.25) is 0 Å². The number of carbonyl (C=O) groups is 1. The molecule has 1 aliphatic rings. The Hall–Kier alpha value is -0.610. The Morgan fingerprint density at radius 1 is 1.50 bits per heavy atom. The van der Waals surface area contributed by atoms with Gasteiger partial charge in [-0.2, -0.15) is 0 Å². The van der Waals surface area contributed by atoms with Gasteiger partial charge in [0.05, 0.1) is 6.04 Å². The first-order valence-corrected chi connectivity index (χ1v) is 6.07. The predicted octanol–water partition coefficient (Wildman–Crippen LogP) is 0.917. The Balaban J connectivity index is 2.05. The van der Waals surface area contributed by atoms with Crippen LogP contribution in [0, 0.1) is 5.41 Å². The van der Waals surface area contributed by atoms with E-state index in [2.05, 4.69) is 17.6 Å². The highest BCUT2D eigenvalue weighted by Crippen LogP contribution is 2.44. The van der Waals surface area contributed by atoms with Crippen LogP contribution < -0.4 is 10.6 Å². The summed E-state index contributed by atoms with van der Waals surface area (Å²) in [7, 11) is 1.67. The molecule has 1 fully saturated rings. The number of hydrogen-bond donors (Lipinski definition) is 2. The molecule has 1 atom stereocenters. The molecular weight excluding hydrogens is 204 g/mol. The average molecular weight is 228 g/mol. The largest absolute Gasteiger partial charge is 0.385 e. The first-order chi connectivity index (χ1) is 7.57. The van der Waals surface area contributed by atoms with Gasteiger partial charge in [0, 0.05) is 26.8 Å². The predicted molar refractivity (Wildman–Crippen MR) is 64.3 cm³/mol. The second-order valence-electron chi connectivity index (χ2n) is 5.05. The van der Waals surface area contributed by atoms with Crippen molar-refractivity contribution in [2.75, 3.05) is 26.8 Å². The first kappa shape index (κ1) is 13.5. The lowest BCUT2D eigenvalue weighted by molar-refractivity contribution is -0.122. The zero-order chi connectivity index (χ0) is 12.0. The van der Waals surface area contributed by atoms with Gasteiger partial charge in [-0.25, -0.2) is 0 Å². The Kier molecular flexibility index (Phi) is 5.22. The summed E-state index contributed by atoms with van der Waals surface area (Å²) in [6.07, 6.45) is 3.43. The second-order valence-corrected chi connectivity index (χ2v) is 5.05. The second kappa shape index (κ2) is 6.21. The minimum absolute atomic E-state index is 0.0837. The van der Waals surface area contributed by atoms with E-state index < -0.39 is 0 Å². The fourth-order valence-corrected chi connectivity index (χ4v) is 1.46. The Bertz CT molecular complexity index is 227. The normalized spacial score (nSPS) is 19.2. The van der Waals surface area contributed by atoms with E-state index in [1.807, 2.05) is 6.92 Å². The average Bonchev–Trinajstić information content (AvgIpc) is 3.00. The molecular formula is C12H24N2O2. The molecule has 0 aromatic carbocycles. The third-order valence-corrected chi connectivity index (χ3v) is 3.16. The van der Waals surface area contributed by atoms with Crippen molar-refractivity contribution in [1.29, 1.82) is 0 Å². The molecule has 1 unspecified atom stereocenters. The molecule has 0 aliphatic heterocycles. The summed E-state index contributed by atoms with van der Waals surface area (Å²) in [6.45, 7) is 6.50. The maximum Gasteiger partial charge on any atom is 0.236 e. The zero-order valence-electron chi connectivity index (χ0n) is 10.6. The molecule has 0 aromatic rings. The Morgan fingerprint density at radius 2 is 2.19 bits per heavy atom. The lowest BCUT2D eigenvalue weighted by Crippen LogP contribution is -2.44. The first-order valence-electron chi connectivity index (χ1n) is 6.07. The van der Waals surface area contributed by atoms with E-state index in [1.54, 1.807) is 7.11 Å². The third-order valence-electron chi connectivity index (χ3n) is 3.16. The molecule has 94 valence electrons. The lowest BCUT2D eigenvalue weighted by atomic mass is 10.1. The Labute approximate surface area is 98.1 Å². The number of hydrogen-bond acceptors (Lipinski definition) is 3. The molecule has 1 aliphatic carbocycles. The van der Waals surface area contributed by atoms with E-state index in [-0.39, 0.29) is 11.9 Å². The Morgan fingerprint density at radius 3 is 2.75 bits per heavy atom. The quantitative estimate of drug-likeness (QED) is 0.607. The third kappa shape index (κ3) is 4.94. The SMILES string of the molecule is COCCCNC(=O)C(C)NCC1(C)CC1. The van der Waals surface area contributed by atoms with Crippen molar-refractivity contribution in [1.82, 2.24) is 10.6 Å². The van der Waals surface area contributed by atoms with Gasteiger partial charge in [0.25, 0.3) is 0 Å². The molecule has 2 N–H and O–H groups in total. The molecule has 1 amide bonds. The number of amides is 1. The molecule has 1 rings (SSSR count). The van der Waals surface area contributed by atoms with E-state index in [4.69, 9.17) is 4.74 Å². The molecule has 4 nitrogen and oxygen atoms in total. The van der Waals surface area contributed by atoms with Gasteiger partial charge in [-0.3, -0.25) is 4.79 Å². The van der Waals surface area contributed by atoms with Gasteiger partial charge in [0.15, 0.2) is 0 Å². The molecule has 4 heteroatoms. The molecule has 0 heterocycles. The van der Waals surface area contributed by atoms with Crippen LogP contribution in [-0.4, -0.2) is 38.8 Å². The molecule has 0 aromatic heterocycles. The van der Waals surface area contributed by atoms with E-state index in [0.29, 0.717) is 18.6 Å². The maximum atomic E-state index is 11.6. The van der Waals surface area contributed by atoms with Gasteiger partial charge in [-0.1, -0.05) is 6.92 Å². The van der Waals surface area contributed by atoms with Crippen LogP contribution >= 0.6 is 0 Å². The van der Waals surface area contributed by atoms with Gasteiger partial charge < -0.3 is 15.4 Å². The van der Waals surface area contributed by atoms with Crippen LogP contribution in [0.4, 0.5) is 0 Å². The summed E-state index contributed by atoms with van der Waals surface area (Å²) in [4.78, 5) is 11.6. The summed E-state index contributed by atoms with van der Waals surface area (Å²) >= 11 is 0. The van der Waals surface area contributed by atoms with E-state index >= 15 is 0 Å². The molecule has 16 heavy (non-hydrogen) atoms. The van der Waals surface area contributed by atoms with Crippen LogP contribution in [0.1, 0.15) is 33.1 Å². The molecule has 0 saturated heterocycles. The maximum absolute atomic E-state index is 11.6. The van der Waals surface area contributed by atoms with Gasteiger partial charge in [-0.15, -0.1) is 0 Å². The fourth-order valence-electron chi connectivity index (χ4n) is 1.46. The zero-order valence-corrected chi connectivity index (χ0v) is 10.6. The summed E-state index contributed by atoms with van der Waals surface area (Å²) in [6, 6.07) is -0.0973. The number of nitrogens with one attached hydrogen (secondary N) is 2. The highest BCUT2D eigenvalue weighted by Gasteiger charge is 2.37. The smallest absolute Gasteiger partial charge is 0.236 e. The summed E-state index contributed by atoms with van der Waals surface area (Å²) in [5.74, 6) is 0.0837. The van der Waals surface area contributed by atoms with Crippen LogP contribution in [-0.2, 0) is 9.53 Å². The number of carbonyl (C=O) groups excluding carboxylic acids is 1. The molecule has 0 bridgehead atoms. The van der Waals surface area contributed by atoms with Crippen molar-refractivity contribution >= 4 is 5.91 Å². The van der Waals surface area contributed by atoms with Crippen molar-refractivity contribution < 1.29 is 9.53 Å². The van der Waals surface area contributed by atoms with Gasteiger partial charge in [-0.05, 0) is 31.6 Å². The van der Waals surface area contributed by atoms with Crippen LogP contribution in [0.5, 0.6) is 0 Å². The van der Waals surface area contributed by atoms with Crippen molar-refractivity contribution in [3.05, 3.63) is 0 Å². The summed E-state index contributed by atoms with van der Waals surface area (Å²) in [5, 5.41) is 6.17. The fraction of sp³-hybridized carbons (Fsp3) is 0.917. The molecule has 1 saturated carbocycles. The minimum atomic E-state index is -0.0973. The van der Waals surface area contributed by atoms with Gasteiger partial charge in [0.2, 0.25) is 5.91 Å². The van der Waals surface area contributed by atoms with Crippen molar-refractivity contribution in [3.8, 4) is 0 Å². The molecule has 0 spiro atoms. The van der Waals surface area contributed by atoms with Crippen LogP contribution in [0.15, 0.2) is 0 Å². The van der Waals surface area contributed by atoms with Gasteiger partial charge in [0.1, 0.15) is 0 Å². The summed E-state index contributed by atoms with van der Waals surface area (Å²) in [5.41, 5.74) is 0.449. The number of methoxy groups -OCH3 is 1. The number of ether oxygens (including phenoxy) is 1. The minimum Gasteiger partial charge on any atom is -0.385 e. The van der Waals surface area contributed by atoms with Crippen molar-refractivity contribution in [3.63, 3.8) is 0 Å². The molecule has 0 radical (unpaired) electrons. The highest BCUT2D eigenvalue weighted by molar-refractivity contribution is 5.81. The topological polar surface area (TPSA) is 50.4 Å². The van der Waals surface area contributed by atoms with Crippen LogP contribution in [0.25, 0.3) is 0 Å². The van der Waals surface area contributed by atoms with E-state index in [9.17, 15) is 4.79 Å². The van der Waals surface area contributed by atoms with Crippen molar-refractivity contribution in [2.45, 2.75) is 39.2 Å². The van der Waals surface area contributed by atoms with Crippen LogP contribution in [0.3, 0.4) is 0 Å². The monoisotopic (exact) mass is 228 g/mol. The number of rotatable bonds is 8. The van der Waals surface area contributed by atoms with Gasteiger partial charge >= 0.3 is 0 Å². The highest BCUT2D eigenvalue weighted by atomic mass is 16.5. The standard InChI is InChI=1S/C12H24N2O2/c1-10(14-9-12(2)5-6-12)11(15)13-7-4-8-16-3/h10,14H,4-9H2,1-3H3,(H,13,15). The van der Waals surface area contributed by atoms with E-state index in [0.717, 1.165) is 13.0 Å². The van der Waals surface area contributed by atoms with E-state index in [1.165, 1.54) is 12.8 Å². The lowest BCUT2D eigenvalue weighted by Gasteiger charge is -2.16.